The second kappa shape index (κ2) is 4.28. The molecule has 0 fully saturated rings. The Labute approximate surface area is 110 Å². The highest BCUT2D eigenvalue weighted by Crippen LogP contribution is 2.21. The molecule has 1 heterocycles. The lowest BCUT2D eigenvalue weighted by atomic mass is 10.1. The fraction of sp³-hybridized carbons (Fsp3) is 0.0625. The molecule has 2 N–H and O–H groups in total. The molecule has 0 saturated carbocycles. The van der Waals surface area contributed by atoms with Crippen molar-refractivity contribution in [3.05, 3.63) is 64.3 Å². The Hall–Kier alpha value is -2.55. The predicted molar refractivity (Wildman–Crippen MR) is 76.4 cm³/mol. The van der Waals surface area contributed by atoms with Crippen molar-refractivity contribution in [3.63, 3.8) is 0 Å². The third-order valence-electron chi connectivity index (χ3n) is 3.16. The summed E-state index contributed by atoms with van der Waals surface area (Å²) in [5, 5.41) is 9.98. The lowest BCUT2D eigenvalue weighted by molar-refractivity contribution is 0.475. The van der Waals surface area contributed by atoms with E-state index in [4.69, 9.17) is 0 Å². The van der Waals surface area contributed by atoms with Crippen molar-refractivity contribution in [2.24, 2.45) is 0 Å². The van der Waals surface area contributed by atoms with Gasteiger partial charge in [0.2, 0.25) is 0 Å². The lowest BCUT2D eigenvalue weighted by Crippen LogP contribution is -2.02. The molecule has 94 valence electrons. The first-order chi connectivity index (χ1) is 9.13. The molecule has 0 aliphatic rings. The summed E-state index contributed by atoms with van der Waals surface area (Å²) in [4.78, 5) is 15.3. The molecule has 0 atom stereocenters. The summed E-state index contributed by atoms with van der Waals surface area (Å²) in [6, 6.07) is 14.1. The molecular weight excluding hydrogens is 238 g/mol. The molecule has 3 rings (SSSR count). The quantitative estimate of drug-likeness (QED) is 0.697. The number of aryl methyl sites for hydroxylation is 1. The van der Waals surface area contributed by atoms with E-state index in [0.29, 0.717) is 5.39 Å². The van der Waals surface area contributed by atoms with Crippen LogP contribution in [0.3, 0.4) is 0 Å². The van der Waals surface area contributed by atoms with Crippen LogP contribution in [-0.4, -0.2) is 10.1 Å². The van der Waals surface area contributed by atoms with E-state index in [1.807, 2.05) is 25.1 Å². The molecule has 1 aromatic heterocycles. The Balaban J connectivity index is 2.25. The van der Waals surface area contributed by atoms with E-state index in [1.165, 1.54) is 0 Å². The molecule has 0 aliphatic carbocycles. The Morgan fingerprint density at radius 1 is 1.00 bits per heavy atom. The van der Waals surface area contributed by atoms with Crippen LogP contribution in [0.1, 0.15) is 5.56 Å². The van der Waals surface area contributed by atoms with Gasteiger partial charge in [-0.05, 0) is 54.4 Å². The van der Waals surface area contributed by atoms with E-state index in [9.17, 15) is 9.90 Å². The van der Waals surface area contributed by atoms with E-state index in [-0.39, 0.29) is 11.2 Å². The molecule has 0 radical (unpaired) electrons. The molecular formula is C16H13NO2. The van der Waals surface area contributed by atoms with Gasteiger partial charge in [-0.25, -0.2) is 0 Å². The van der Waals surface area contributed by atoms with Crippen molar-refractivity contribution in [3.8, 4) is 17.0 Å². The van der Waals surface area contributed by atoms with Gasteiger partial charge >= 0.3 is 0 Å². The highest BCUT2D eigenvalue weighted by molar-refractivity contribution is 5.82. The Kier molecular flexibility index (Phi) is 2.60. The molecule has 3 nitrogen and oxygen atoms in total. The molecule has 0 amide bonds. The molecule has 0 saturated heterocycles. The van der Waals surface area contributed by atoms with Gasteiger partial charge in [-0.15, -0.1) is 0 Å². The van der Waals surface area contributed by atoms with Crippen LogP contribution in [0.2, 0.25) is 0 Å². The number of pyridine rings is 1. The van der Waals surface area contributed by atoms with Crippen LogP contribution in [0, 0.1) is 6.92 Å². The molecule has 0 spiro atoms. The fourth-order valence-corrected chi connectivity index (χ4v) is 2.16. The predicted octanol–water partition coefficient (Wildman–Crippen LogP) is 3.21. The average molecular weight is 251 g/mol. The van der Waals surface area contributed by atoms with E-state index < -0.39 is 0 Å². The summed E-state index contributed by atoms with van der Waals surface area (Å²) in [7, 11) is 0. The molecule has 0 unspecified atom stereocenters. The van der Waals surface area contributed by atoms with Crippen molar-refractivity contribution in [1.82, 2.24) is 4.98 Å². The van der Waals surface area contributed by atoms with Gasteiger partial charge in [-0.2, -0.15) is 0 Å². The van der Waals surface area contributed by atoms with Crippen LogP contribution in [0.5, 0.6) is 5.75 Å². The smallest absolute Gasteiger partial charge is 0.190 e. The van der Waals surface area contributed by atoms with E-state index in [0.717, 1.165) is 22.3 Å². The Bertz CT molecular complexity index is 801. The van der Waals surface area contributed by atoms with Crippen LogP contribution < -0.4 is 5.43 Å². The SMILES string of the molecule is Cc1ccc2c(=O)cc(-c3ccc(O)cc3)[nH]c2c1. The summed E-state index contributed by atoms with van der Waals surface area (Å²) >= 11 is 0. The van der Waals surface area contributed by atoms with Crippen molar-refractivity contribution in [1.29, 1.82) is 0 Å². The number of aromatic amines is 1. The second-order valence-electron chi connectivity index (χ2n) is 4.64. The number of H-pyrrole nitrogens is 1. The number of aromatic hydroxyl groups is 1. The number of hydrogen-bond donors (Lipinski definition) is 2. The molecule has 3 heteroatoms. The van der Waals surface area contributed by atoms with Crippen LogP contribution in [-0.2, 0) is 0 Å². The standard InChI is InChI=1S/C16H13NO2/c1-10-2-7-13-15(8-10)17-14(9-16(13)19)11-3-5-12(18)6-4-11/h2-9,18H,1H3,(H,17,19). The summed E-state index contributed by atoms with van der Waals surface area (Å²) in [5.74, 6) is 0.211. The number of phenols is 1. The first kappa shape index (κ1) is 11.5. The summed E-state index contributed by atoms with van der Waals surface area (Å²) < 4.78 is 0. The van der Waals surface area contributed by atoms with Gasteiger partial charge in [0.25, 0.3) is 0 Å². The van der Waals surface area contributed by atoms with Crippen molar-refractivity contribution in [2.75, 3.05) is 0 Å². The number of nitrogens with one attached hydrogen (secondary N) is 1. The van der Waals surface area contributed by atoms with Crippen LogP contribution >= 0.6 is 0 Å². The van der Waals surface area contributed by atoms with Gasteiger partial charge in [0.1, 0.15) is 5.75 Å². The minimum Gasteiger partial charge on any atom is -0.508 e. The lowest BCUT2D eigenvalue weighted by Gasteiger charge is -2.05. The molecule has 0 bridgehead atoms. The fourth-order valence-electron chi connectivity index (χ4n) is 2.16. The molecule has 2 aromatic carbocycles. The normalized spacial score (nSPS) is 10.8. The van der Waals surface area contributed by atoms with Crippen molar-refractivity contribution in [2.45, 2.75) is 6.92 Å². The minimum absolute atomic E-state index is 0.00294. The topological polar surface area (TPSA) is 53.1 Å². The van der Waals surface area contributed by atoms with Crippen molar-refractivity contribution < 1.29 is 5.11 Å². The zero-order chi connectivity index (χ0) is 13.4. The monoisotopic (exact) mass is 251 g/mol. The third-order valence-corrected chi connectivity index (χ3v) is 3.16. The maximum atomic E-state index is 12.1. The van der Waals surface area contributed by atoms with E-state index >= 15 is 0 Å². The molecule has 3 aromatic rings. The first-order valence-corrected chi connectivity index (χ1v) is 6.06. The van der Waals surface area contributed by atoms with Crippen LogP contribution in [0.25, 0.3) is 22.2 Å². The first-order valence-electron chi connectivity index (χ1n) is 6.06. The van der Waals surface area contributed by atoms with Gasteiger partial charge < -0.3 is 10.1 Å². The maximum absolute atomic E-state index is 12.1. The Morgan fingerprint density at radius 3 is 2.47 bits per heavy atom. The minimum atomic E-state index is -0.00294. The van der Waals surface area contributed by atoms with Crippen LogP contribution in [0.15, 0.2) is 53.3 Å². The highest BCUT2D eigenvalue weighted by Gasteiger charge is 2.04. The number of phenolic OH excluding ortho intramolecular Hbond substituents is 1. The number of rotatable bonds is 1. The Morgan fingerprint density at radius 2 is 1.74 bits per heavy atom. The van der Waals surface area contributed by atoms with Gasteiger partial charge in [0, 0.05) is 22.7 Å². The van der Waals surface area contributed by atoms with Crippen molar-refractivity contribution >= 4 is 10.9 Å². The number of benzene rings is 2. The number of aromatic nitrogens is 1. The summed E-state index contributed by atoms with van der Waals surface area (Å²) in [5.41, 5.74) is 3.56. The van der Waals surface area contributed by atoms with E-state index in [1.54, 1.807) is 30.3 Å². The van der Waals surface area contributed by atoms with Crippen LogP contribution in [0.4, 0.5) is 0 Å². The maximum Gasteiger partial charge on any atom is 0.190 e. The number of fused-ring (bicyclic) bond motifs is 1. The average Bonchev–Trinajstić information content (AvgIpc) is 2.38. The summed E-state index contributed by atoms with van der Waals surface area (Å²) in [6.07, 6.45) is 0. The van der Waals surface area contributed by atoms with Gasteiger partial charge in [-0.1, -0.05) is 6.07 Å². The summed E-state index contributed by atoms with van der Waals surface area (Å²) in [6.45, 7) is 1.99. The molecule has 19 heavy (non-hydrogen) atoms. The van der Waals surface area contributed by atoms with Gasteiger partial charge in [-0.3, -0.25) is 4.79 Å². The number of hydrogen-bond acceptors (Lipinski definition) is 2. The third kappa shape index (κ3) is 2.10. The van der Waals surface area contributed by atoms with E-state index in [2.05, 4.69) is 4.98 Å². The van der Waals surface area contributed by atoms with Gasteiger partial charge in [0.15, 0.2) is 5.43 Å². The van der Waals surface area contributed by atoms with Gasteiger partial charge in [0.05, 0.1) is 0 Å². The zero-order valence-electron chi connectivity index (χ0n) is 10.5. The second-order valence-corrected chi connectivity index (χ2v) is 4.64. The highest BCUT2D eigenvalue weighted by atomic mass is 16.3. The molecule has 0 aliphatic heterocycles. The zero-order valence-corrected chi connectivity index (χ0v) is 10.5. The largest absolute Gasteiger partial charge is 0.508 e.